The average Bonchev–Trinajstić information content (AvgIpc) is 1.94. The Labute approximate surface area is 53.8 Å². The molecule has 1 amide bonds. The van der Waals surface area contributed by atoms with E-state index >= 15 is 0 Å². The van der Waals surface area contributed by atoms with Crippen LogP contribution in [0.2, 0.25) is 0 Å². The second-order valence-corrected chi connectivity index (χ2v) is 1.40. The van der Waals surface area contributed by atoms with Gasteiger partial charge in [-0.25, -0.2) is 0 Å². The second-order valence-electron chi connectivity index (χ2n) is 1.40. The minimum atomic E-state index is -0.00810. The summed E-state index contributed by atoms with van der Waals surface area (Å²) in [5, 5.41) is 9.62. The maximum Gasteiger partial charge on any atom is 0.246 e. The van der Waals surface area contributed by atoms with Crippen molar-refractivity contribution < 1.29 is 14.6 Å². The van der Waals surface area contributed by atoms with Crippen LogP contribution in [0.25, 0.3) is 0 Å². The molecule has 0 atom stereocenters. The van der Waals surface area contributed by atoms with Gasteiger partial charge in [-0.3, -0.25) is 4.79 Å². The number of rotatable bonds is 0. The van der Waals surface area contributed by atoms with E-state index in [1.54, 1.807) is 0 Å². The molecule has 0 aromatic heterocycles. The SMILES string of the molecule is CO.O=C1COCCN1. The monoisotopic (exact) mass is 133 g/mol. The molecule has 0 aromatic rings. The van der Waals surface area contributed by atoms with Gasteiger partial charge in [0, 0.05) is 13.7 Å². The van der Waals surface area contributed by atoms with E-state index in [1.165, 1.54) is 0 Å². The molecule has 1 rings (SSSR count). The maximum atomic E-state index is 10.2. The lowest BCUT2D eigenvalue weighted by atomic mass is 10.5. The number of aliphatic hydroxyl groups is 1. The van der Waals surface area contributed by atoms with Crippen LogP contribution in [0, 0.1) is 0 Å². The minimum absolute atomic E-state index is 0.00810. The number of hydrogen-bond acceptors (Lipinski definition) is 3. The van der Waals surface area contributed by atoms with E-state index in [0.29, 0.717) is 13.2 Å². The lowest BCUT2D eigenvalue weighted by Gasteiger charge is -2.10. The van der Waals surface area contributed by atoms with Crippen LogP contribution in [0.3, 0.4) is 0 Å². The predicted molar refractivity (Wildman–Crippen MR) is 32.0 cm³/mol. The summed E-state index contributed by atoms with van der Waals surface area (Å²) in [6.07, 6.45) is 0. The number of carbonyl (C=O) groups is 1. The molecule has 0 bridgehead atoms. The molecule has 4 heteroatoms. The van der Waals surface area contributed by atoms with Crippen LogP contribution in [-0.4, -0.2) is 37.9 Å². The third kappa shape index (κ3) is 3.93. The standard InChI is InChI=1S/C4H7NO2.CH4O/c6-4-3-7-2-1-5-4;1-2/h1-3H2,(H,5,6);2H,1H3. The van der Waals surface area contributed by atoms with Crippen LogP contribution in [0.15, 0.2) is 0 Å². The molecule has 1 fully saturated rings. The number of amides is 1. The third-order valence-electron chi connectivity index (χ3n) is 0.802. The van der Waals surface area contributed by atoms with Gasteiger partial charge >= 0.3 is 0 Å². The Morgan fingerprint density at radius 3 is 2.56 bits per heavy atom. The van der Waals surface area contributed by atoms with Crippen LogP contribution in [-0.2, 0) is 9.53 Å². The largest absolute Gasteiger partial charge is 0.400 e. The average molecular weight is 133 g/mol. The van der Waals surface area contributed by atoms with Gasteiger partial charge in [0.25, 0.3) is 0 Å². The molecule has 1 aliphatic rings. The van der Waals surface area contributed by atoms with Crippen molar-refractivity contribution in [1.82, 2.24) is 5.32 Å². The van der Waals surface area contributed by atoms with E-state index in [1.807, 2.05) is 0 Å². The molecule has 0 radical (unpaired) electrons. The summed E-state index contributed by atoms with van der Waals surface area (Å²) < 4.78 is 4.77. The fraction of sp³-hybridized carbons (Fsp3) is 0.800. The van der Waals surface area contributed by atoms with Crippen molar-refractivity contribution >= 4 is 5.91 Å². The highest BCUT2D eigenvalue weighted by atomic mass is 16.5. The number of aliphatic hydroxyl groups excluding tert-OH is 1. The Kier molecular flexibility index (Phi) is 5.15. The Morgan fingerprint density at radius 2 is 2.33 bits per heavy atom. The molecule has 0 unspecified atom stereocenters. The molecular formula is C5H11NO3. The highest BCUT2D eigenvalue weighted by Gasteiger charge is 2.04. The molecule has 0 aromatic carbocycles. The topological polar surface area (TPSA) is 58.6 Å². The summed E-state index contributed by atoms with van der Waals surface area (Å²) in [6, 6.07) is 0. The first kappa shape index (κ1) is 8.39. The zero-order chi connectivity index (χ0) is 7.11. The molecule has 1 saturated heterocycles. The molecule has 2 N–H and O–H groups in total. The summed E-state index contributed by atoms with van der Waals surface area (Å²) in [5.74, 6) is -0.00810. The van der Waals surface area contributed by atoms with Gasteiger partial charge in [0.05, 0.1) is 6.61 Å². The van der Waals surface area contributed by atoms with Crippen molar-refractivity contribution in [1.29, 1.82) is 0 Å². The van der Waals surface area contributed by atoms with Crippen LogP contribution in [0.5, 0.6) is 0 Å². The van der Waals surface area contributed by atoms with Crippen LogP contribution in [0.1, 0.15) is 0 Å². The second kappa shape index (κ2) is 5.53. The highest BCUT2D eigenvalue weighted by Crippen LogP contribution is 1.79. The van der Waals surface area contributed by atoms with Gasteiger partial charge in [0.2, 0.25) is 5.91 Å². The smallest absolute Gasteiger partial charge is 0.246 e. The fourth-order valence-corrected chi connectivity index (χ4v) is 0.479. The first-order chi connectivity index (χ1) is 4.39. The summed E-state index contributed by atoms with van der Waals surface area (Å²) in [7, 11) is 1.00. The van der Waals surface area contributed by atoms with E-state index in [0.717, 1.165) is 7.11 Å². The number of hydrogen-bond donors (Lipinski definition) is 2. The number of nitrogens with one attached hydrogen (secondary N) is 1. The van der Waals surface area contributed by atoms with Crippen LogP contribution >= 0.6 is 0 Å². The van der Waals surface area contributed by atoms with Gasteiger partial charge in [0.1, 0.15) is 6.61 Å². The zero-order valence-corrected chi connectivity index (χ0v) is 5.39. The molecule has 0 aliphatic carbocycles. The molecule has 9 heavy (non-hydrogen) atoms. The van der Waals surface area contributed by atoms with Crippen molar-refractivity contribution in [3.05, 3.63) is 0 Å². The number of morpholine rings is 1. The Bertz CT molecular complexity index is 76.3. The Balaban J connectivity index is 0.000000291. The van der Waals surface area contributed by atoms with Crippen molar-refractivity contribution in [3.63, 3.8) is 0 Å². The first-order valence-electron chi connectivity index (χ1n) is 2.69. The minimum Gasteiger partial charge on any atom is -0.400 e. The van der Waals surface area contributed by atoms with Gasteiger partial charge in [-0.05, 0) is 0 Å². The lowest BCUT2D eigenvalue weighted by molar-refractivity contribution is -0.128. The van der Waals surface area contributed by atoms with Crippen molar-refractivity contribution in [2.24, 2.45) is 0 Å². The summed E-state index contributed by atoms with van der Waals surface area (Å²) in [6.45, 7) is 1.56. The molecule has 54 valence electrons. The van der Waals surface area contributed by atoms with Crippen LogP contribution < -0.4 is 5.32 Å². The van der Waals surface area contributed by atoms with E-state index < -0.39 is 0 Å². The molecule has 0 spiro atoms. The van der Waals surface area contributed by atoms with Gasteiger partial charge in [0.15, 0.2) is 0 Å². The molecule has 4 nitrogen and oxygen atoms in total. The van der Waals surface area contributed by atoms with Crippen molar-refractivity contribution in [2.45, 2.75) is 0 Å². The van der Waals surface area contributed by atoms with Gasteiger partial charge < -0.3 is 15.2 Å². The molecule has 1 heterocycles. The first-order valence-corrected chi connectivity index (χ1v) is 2.69. The normalized spacial score (nSPS) is 17.3. The Morgan fingerprint density at radius 1 is 1.67 bits per heavy atom. The fourth-order valence-electron chi connectivity index (χ4n) is 0.479. The lowest BCUT2D eigenvalue weighted by Crippen LogP contribution is -2.36. The number of ether oxygens (including phenoxy) is 1. The van der Waals surface area contributed by atoms with Crippen molar-refractivity contribution in [3.8, 4) is 0 Å². The van der Waals surface area contributed by atoms with Gasteiger partial charge in [-0.15, -0.1) is 0 Å². The van der Waals surface area contributed by atoms with E-state index in [-0.39, 0.29) is 12.5 Å². The maximum absolute atomic E-state index is 10.2. The van der Waals surface area contributed by atoms with E-state index in [2.05, 4.69) is 5.32 Å². The predicted octanol–water partition coefficient (Wildman–Crippen LogP) is -1.26. The summed E-state index contributed by atoms with van der Waals surface area (Å²) in [4.78, 5) is 10.2. The quantitative estimate of drug-likeness (QED) is 0.433. The van der Waals surface area contributed by atoms with Gasteiger partial charge in [-0.2, -0.15) is 0 Å². The highest BCUT2D eigenvalue weighted by molar-refractivity contribution is 5.77. The molecule has 1 aliphatic heterocycles. The molecule has 0 saturated carbocycles. The summed E-state index contributed by atoms with van der Waals surface area (Å²) in [5.41, 5.74) is 0. The van der Waals surface area contributed by atoms with E-state index in [9.17, 15) is 4.79 Å². The molecular weight excluding hydrogens is 122 g/mol. The Hall–Kier alpha value is -0.610. The van der Waals surface area contributed by atoms with Gasteiger partial charge in [-0.1, -0.05) is 0 Å². The van der Waals surface area contributed by atoms with E-state index in [4.69, 9.17) is 9.84 Å². The van der Waals surface area contributed by atoms with Crippen molar-refractivity contribution in [2.75, 3.05) is 26.9 Å². The van der Waals surface area contributed by atoms with Crippen LogP contribution in [0.4, 0.5) is 0 Å². The summed E-state index contributed by atoms with van der Waals surface area (Å²) >= 11 is 0. The zero-order valence-electron chi connectivity index (χ0n) is 5.39. The third-order valence-corrected chi connectivity index (χ3v) is 0.802. The number of carbonyl (C=O) groups excluding carboxylic acids is 1.